The largest absolute Gasteiger partial charge is 0.369 e. The Morgan fingerprint density at radius 3 is 1.60 bits per heavy atom. The van der Waals surface area contributed by atoms with E-state index < -0.39 is 5.69 Å². The predicted octanol–water partition coefficient (Wildman–Crippen LogP) is -2.48. The highest BCUT2D eigenvalue weighted by Gasteiger charge is 2.02. The molecule has 0 aromatic carbocycles. The van der Waals surface area contributed by atoms with Gasteiger partial charge < -0.3 is 26.4 Å². The molecular formula is C14H14N12O4. The highest BCUT2D eigenvalue weighted by atomic mass is 16.2. The first-order chi connectivity index (χ1) is 14.3. The smallest absolute Gasteiger partial charge is 0.325 e. The van der Waals surface area contributed by atoms with E-state index in [4.69, 9.17) is 11.5 Å². The van der Waals surface area contributed by atoms with Gasteiger partial charge >= 0.3 is 5.69 Å². The molecule has 0 atom stereocenters. The van der Waals surface area contributed by atoms with Crippen LogP contribution in [0.4, 0.5) is 11.9 Å². The molecule has 30 heavy (non-hydrogen) atoms. The van der Waals surface area contributed by atoms with E-state index in [9.17, 15) is 19.2 Å². The van der Waals surface area contributed by atoms with Crippen molar-refractivity contribution in [3.05, 3.63) is 66.5 Å². The summed E-state index contributed by atoms with van der Waals surface area (Å²) in [5.41, 5.74) is 10.4. The van der Waals surface area contributed by atoms with E-state index in [-0.39, 0.29) is 28.6 Å². The molecule has 0 aliphatic heterocycles. The Morgan fingerprint density at radius 2 is 1.20 bits per heavy atom. The lowest BCUT2D eigenvalue weighted by atomic mass is 10.5. The summed E-state index contributed by atoms with van der Waals surface area (Å²) in [7, 11) is 0. The molecule has 0 spiro atoms. The van der Waals surface area contributed by atoms with Crippen molar-refractivity contribution in [1.29, 1.82) is 0 Å². The molecule has 5 heterocycles. The molecule has 0 unspecified atom stereocenters. The second kappa shape index (κ2) is 8.33. The van der Waals surface area contributed by atoms with Crippen LogP contribution in [0.25, 0.3) is 22.3 Å². The minimum atomic E-state index is -0.475. The summed E-state index contributed by atoms with van der Waals surface area (Å²) in [5.74, 6) is 0.157. The van der Waals surface area contributed by atoms with Crippen LogP contribution in [-0.4, -0.2) is 49.8 Å². The Kier molecular flexibility index (Phi) is 5.48. The number of hydrogen-bond acceptors (Lipinski definition) is 10. The van der Waals surface area contributed by atoms with E-state index >= 15 is 0 Å². The third kappa shape index (κ3) is 4.63. The van der Waals surface area contributed by atoms with Crippen molar-refractivity contribution < 1.29 is 0 Å². The first-order valence-electron chi connectivity index (χ1n) is 7.99. The molecule has 0 amide bonds. The number of nitrogens with zero attached hydrogens (tertiary/aromatic N) is 4. The van der Waals surface area contributed by atoms with Crippen LogP contribution >= 0.6 is 0 Å². The molecule has 0 saturated heterocycles. The molecule has 0 saturated carbocycles. The first kappa shape index (κ1) is 19.7. The highest BCUT2D eigenvalue weighted by molar-refractivity contribution is 5.69. The van der Waals surface area contributed by atoms with Gasteiger partial charge in [0.2, 0.25) is 11.9 Å². The summed E-state index contributed by atoms with van der Waals surface area (Å²) >= 11 is 0. The lowest BCUT2D eigenvalue weighted by molar-refractivity contribution is 1.04. The third-order valence-electron chi connectivity index (χ3n) is 3.31. The normalized spacial score (nSPS) is 10.1. The maximum Gasteiger partial charge on any atom is 0.325 e. The lowest BCUT2D eigenvalue weighted by Crippen LogP contribution is -2.19. The summed E-state index contributed by atoms with van der Waals surface area (Å²) in [5, 5.41) is 0. The van der Waals surface area contributed by atoms with Crippen molar-refractivity contribution in [1.82, 2.24) is 49.8 Å². The topological polar surface area (TPSA) is 267 Å². The van der Waals surface area contributed by atoms with Crippen LogP contribution in [0.15, 0.2) is 44.1 Å². The van der Waals surface area contributed by atoms with Gasteiger partial charge in [-0.2, -0.15) is 9.97 Å². The Hall–Kier alpha value is -5.02. The van der Waals surface area contributed by atoms with Crippen molar-refractivity contribution in [2.75, 3.05) is 11.5 Å². The van der Waals surface area contributed by atoms with E-state index in [2.05, 4.69) is 44.9 Å². The van der Waals surface area contributed by atoms with Crippen LogP contribution < -0.4 is 33.8 Å². The molecule has 5 rings (SSSR count). The van der Waals surface area contributed by atoms with E-state index in [1.54, 1.807) is 0 Å². The maximum absolute atomic E-state index is 11.0. The summed E-state index contributed by atoms with van der Waals surface area (Å²) in [4.78, 5) is 71.7. The number of hydrogen-bond donors (Lipinski definition) is 8. The van der Waals surface area contributed by atoms with Crippen molar-refractivity contribution >= 4 is 34.2 Å². The zero-order chi connectivity index (χ0) is 21.7. The minimum Gasteiger partial charge on any atom is -0.369 e. The maximum atomic E-state index is 11.0. The summed E-state index contributed by atoms with van der Waals surface area (Å²) in [6.45, 7) is 0. The summed E-state index contributed by atoms with van der Waals surface area (Å²) in [6.07, 6.45) is 4.08. The van der Waals surface area contributed by atoms with E-state index in [0.29, 0.717) is 22.3 Å². The molecule has 154 valence electrons. The van der Waals surface area contributed by atoms with Gasteiger partial charge in [0.1, 0.15) is 0 Å². The third-order valence-corrected chi connectivity index (χ3v) is 3.31. The molecule has 0 aliphatic carbocycles. The van der Waals surface area contributed by atoms with Gasteiger partial charge in [-0.3, -0.25) is 29.3 Å². The molecule has 5 aromatic heterocycles. The van der Waals surface area contributed by atoms with Crippen LogP contribution in [0, 0.1) is 0 Å². The summed E-state index contributed by atoms with van der Waals surface area (Å²) in [6, 6.07) is 1.24. The average Bonchev–Trinajstić information content (AvgIpc) is 3.32. The SMILES string of the molecule is Nc1nc2nc[nH]c2c(=O)[nH]1.Nc1nc2nc[nH]c2c(=O)[nH]1.O=c1cc[nH]c(=O)[nH]1. The Labute approximate surface area is 162 Å². The fourth-order valence-corrected chi connectivity index (χ4v) is 2.10. The van der Waals surface area contributed by atoms with Crippen LogP contribution in [-0.2, 0) is 0 Å². The van der Waals surface area contributed by atoms with Gasteiger partial charge in [-0.15, -0.1) is 0 Å². The number of aromatic nitrogens is 10. The van der Waals surface area contributed by atoms with E-state index in [1.807, 2.05) is 4.98 Å². The Bertz CT molecular complexity index is 1410. The van der Waals surface area contributed by atoms with Crippen LogP contribution in [0.5, 0.6) is 0 Å². The highest BCUT2D eigenvalue weighted by Crippen LogP contribution is 1.99. The van der Waals surface area contributed by atoms with Gasteiger partial charge in [0, 0.05) is 12.3 Å². The van der Waals surface area contributed by atoms with Crippen LogP contribution in [0.2, 0.25) is 0 Å². The van der Waals surface area contributed by atoms with Gasteiger partial charge in [0.15, 0.2) is 22.3 Å². The molecule has 16 heteroatoms. The minimum absolute atomic E-state index is 0.0783. The van der Waals surface area contributed by atoms with Gasteiger partial charge in [0.25, 0.3) is 16.7 Å². The lowest BCUT2D eigenvalue weighted by Gasteiger charge is -1.89. The number of nitrogens with one attached hydrogen (secondary N) is 6. The van der Waals surface area contributed by atoms with Crippen molar-refractivity contribution in [2.45, 2.75) is 0 Å². The van der Waals surface area contributed by atoms with Crippen molar-refractivity contribution in [3.8, 4) is 0 Å². The number of fused-ring (bicyclic) bond motifs is 2. The number of imidazole rings is 2. The van der Waals surface area contributed by atoms with Gasteiger partial charge in [-0.1, -0.05) is 0 Å². The molecule has 16 nitrogen and oxygen atoms in total. The zero-order valence-electron chi connectivity index (χ0n) is 14.9. The van der Waals surface area contributed by atoms with Gasteiger partial charge in [-0.05, 0) is 0 Å². The number of anilines is 2. The van der Waals surface area contributed by atoms with Gasteiger partial charge in [0.05, 0.1) is 12.7 Å². The molecule has 5 aromatic rings. The Balaban J connectivity index is 0.000000130. The standard InChI is InChI=1S/2C5H5N5O.C4H4N2O2/c2*6-5-9-3-2(4(11)10-5)7-1-8-3;7-3-1-2-5-4(8)6-3/h2*1H,(H4,6,7,8,9,10,11);1-2H,(H2,5,6,7,8). The number of H-pyrrole nitrogens is 6. The second-order valence-corrected chi connectivity index (χ2v) is 5.40. The van der Waals surface area contributed by atoms with E-state index in [1.165, 1.54) is 24.9 Å². The van der Waals surface area contributed by atoms with Crippen molar-refractivity contribution in [2.24, 2.45) is 0 Å². The fourth-order valence-electron chi connectivity index (χ4n) is 2.10. The predicted molar refractivity (Wildman–Crippen MR) is 106 cm³/mol. The zero-order valence-corrected chi connectivity index (χ0v) is 14.9. The number of nitrogen functional groups attached to an aromatic ring is 2. The molecule has 0 aliphatic rings. The van der Waals surface area contributed by atoms with E-state index in [0.717, 1.165) is 0 Å². The fraction of sp³-hybridized carbons (Fsp3) is 0. The first-order valence-corrected chi connectivity index (χ1v) is 7.99. The molecular weight excluding hydrogens is 400 g/mol. The monoisotopic (exact) mass is 414 g/mol. The quantitative estimate of drug-likeness (QED) is 0.132. The van der Waals surface area contributed by atoms with Crippen LogP contribution in [0.1, 0.15) is 0 Å². The van der Waals surface area contributed by atoms with Crippen molar-refractivity contribution in [3.63, 3.8) is 0 Å². The second-order valence-electron chi connectivity index (χ2n) is 5.40. The average molecular weight is 414 g/mol. The molecule has 0 radical (unpaired) electrons. The van der Waals surface area contributed by atoms with Gasteiger partial charge in [-0.25, -0.2) is 14.8 Å². The molecule has 10 N–H and O–H groups in total. The van der Waals surface area contributed by atoms with Crippen LogP contribution in [0.3, 0.4) is 0 Å². The number of aromatic amines is 6. The number of nitrogens with two attached hydrogens (primary N) is 2. The molecule has 0 fully saturated rings. The molecule has 0 bridgehead atoms. The number of rotatable bonds is 0. The Morgan fingerprint density at radius 1 is 0.700 bits per heavy atom. The summed E-state index contributed by atoms with van der Waals surface area (Å²) < 4.78 is 0.